The number of methoxy groups -OCH3 is 1. The zero-order valence-corrected chi connectivity index (χ0v) is 15.0. The van der Waals surface area contributed by atoms with Crippen molar-refractivity contribution < 1.29 is 28.2 Å². The number of nitrogens with one attached hydrogen (secondary N) is 1. The molecule has 0 unspecified atom stereocenters. The highest BCUT2D eigenvalue weighted by Crippen LogP contribution is 2.23. The molecule has 7 nitrogen and oxygen atoms in total. The van der Waals surface area contributed by atoms with Gasteiger partial charge in [0.25, 0.3) is 5.91 Å². The zero-order valence-electron chi connectivity index (χ0n) is 15.0. The number of hydrogen-bond acceptors (Lipinski definition) is 5. The van der Waals surface area contributed by atoms with Crippen molar-refractivity contribution in [2.45, 2.75) is 6.61 Å². The van der Waals surface area contributed by atoms with Crippen LogP contribution in [0.5, 0.6) is 5.75 Å². The summed E-state index contributed by atoms with van der Waals surface area (Å²) in [4.78, 5) is 36.4. The highest BCUT2D eigenvalue weighted by Gasteiger charge is 2.35. The van der Waals surface area contributed by atoms with E-state index in [2.05, 4.69) is 10.1 Å². The first-order valence-corrected chi connectivity index (χ1v) is 8.35. The zero-order chi connectivity index (χ0) is 20.1. The Morgan fingerprint density at radius 1 is 1.18 bits per heavy atom. The van der Waals surface area contributed by atoms with E-state index in [4.69, 9.17) is 4.74 Å². The molecule has 0 saturated carbocycles. The Labute approximate surface area is 160 Å². The minimum atomic E-state index is -0.709. The molecule has 1 aliphatic rings. The van der Waals surface area contributed by atoms with E-state index in [9.17, 15) is 18.8 Å². The molecule has 28 heavy (non-hydrogen) atoms. The first-order valence-electron chi connectivity index (χ1n) is 8.35. The van der Waals surface area contributed by atoms with Crippen LogP contribution in [0.25, 0.3) is 6.08 Å². The van der Waals surface area contributed by atoms with Gasteiger partial charge in [-0.2, -0.15) is 0 Å². The van der Waals surface area contributed by atoms with E-state index in [1.807, 2.05) is 0 Å². The topological polar surface area (TPSA) is 84.9 Å². The van der Waals surface area contributed by atoms with Crippen LogP contribution in [0, 0.1) is 5.82 Å². The Hall–Kier alpha value is -3.68. The number of benzene rings is 2. The van der Waals surface area contributed by atoms with Crippen molar-refractivity contribution in [2.75, 3.05) is 13.7 Å². The molecular formula is C20H17FN2O5. The number of para-hydroxylation sites is 1. The second-order valence-electron chi connectivity index (χ2n) is 5.91. The number of nitrogens with zero attached hydrogens (tertiary/aromatic N) is 1. The highest BCUT2D eigenvalue weighted by molar-refractivity contribution is 6.15. The van der Waals surface area contributed by atoms with Gasteiger partial charge in [-0.3, -0.25) is 9.59 Å². The van der Waals surface area contributed by atoms with Crippen molar-refractivity contribution in [3.63, 3.8) is 0 Å². The third-order valence-corrected chi connectivity index (χ3v) is 3.98. The molecule has 8 heteroatoms. The molecule has 3 rings (SSSR count). The average molecular weight is 384 g/mol. The third-order valence-electron chi connectivity index (χ3n) is 3.98. The van der Waals surface area contributed by atoms with Crippen molar-refractivity contribution >= 4 is 24.0 Å². The number of carbonyl (C=O) groups excluding carboxylic acids is 3. The molecule has 2 aromatic carbocycles. The SMILES string of the molecule is COC(=O)CN1C(=O)N/C(=C/c2ccccc2OCc2cccc(F)c2)C1=O. The van der Waals surface area contributed by atoms with Crippen molar-refractivity contribution in [3.05, 3.63) is 71.2 Å². The number of urea groups is 1. The number of rotatable bonds is 6. The van der Waals surface area contributed by atoms with Gasteiger partial charge in [0.1, 0.15) is 30.4 Å². The molecule has 0 atom stereocenters. The molecule has 1 saturated heterocycles. The maximum Gasteiger partial charge on any atom is 0.329 e. The number of halogens is 1. The van der Waals surface area contributed by atoms with Crippen LogP contribution in [-0.2, 0) is 20.9 Å². The van der Waals surface area contributed by atoms with Crippen molar-refractivity contribution in [2.24, 2.45) is 0 Å². The highest BCUT2D eigenvalue weighted by atomic mass is 19.1. The Bertz CT molecular complexity index is 957. The monoisotopic (exact) mass is 384 g/mol. The summed E-state index contributed by atoms with van der Waals surface area (Å²) in [7, 11) is 1.17. The molecule has 0 aliphatic carbocycles. The third kappa shape index (κ3) is 4.35. The summed E-state index contributed by atoms with van der Waals surface area (Å²) >= 11 is 0. The maximum absolute atomic E-state index is 13.3. The van der Waals surface area contributed by atoms with E-state index >= 15 is 0 Å². The molecule has 1 fully saturated rings. The van der Waals surface area contributed by atoms with Gasteiger partial charge in [0, 0.05) is 5.56 Å². The number of esters is 1. The van der Waals surface area contributed by atoms with E-state index < -0.39 is 24.5 Å². The van der Waals surface area contributed by atoms with Gasteiger partial charge in [-0.1, -0.05) is 30.3 Å². The molecule has 144 valence electrons. The minimum Gasteiger partial charge on any atom is -0.488 e. The summed E-state index contributed by atoms with van der Waals surface area (Å²) < 4.78 is 23.5. The van der Waals surface area contributed by atoms with Gasteiger partial charge in [0.05, 0.1) is 7.11 Å². The minimum absolute atomic E-state index is 0.00992. The molecule has 0 aromatic heterocycles. The average Bonchev–Trinajstić information content (AvgIpc) is 2.94. The standard InChI is InChI=1S/C20H17FN2O5/c1-27-18(24)11-23-19(25)16(22-20(23)26)10-14-6-2-3-8-17(14)28-12-13-5-4-7-15(21)9-13/h2-10H,11-12H2,1H3,(H,22,26)/b16-10+. The van der Waals surface area contributed by atoms with Gasteiger partial charge in [-0.05, 0) is 29.8 Å². The first kappa shape index (κ1) is 19.1. The Morgan fingerprint density at radius 2 is 1.96 bits per heavy atom. The molecule has 1 N–H and O–H groups in total. The fourth-order valence-corrected chi connectivity index (χ4v) is 2.58. The van der Waals surface area contributed by atoms with Crippen LogP contribution in [0.2, 0.25) is 0 Å². The molecule has 0 spiro atoms. The lowest BCUT2D eigenvalue weighted by Crippen LogP contribution is -2.36. The molecule has 0 bridgehead atoms. The number of imide groups is 1. The smallest absolute Gasteiger partial charge is 0.329 e. The Kier molecular flexibility index (Phi) is 5.69. The molecular weight excluding hydrogens is 367 g/mol. The largest absolute Gasteiger partial charge is 0.488 e. The summed E-state index contributed by atoms with van der Waals surface area (Å²) in [5.74, 6) is -1.26. The van der Waals surface area contributed by atoms with Crippen LogP contribution in [-0.4, -0.2) is 36.5 Å². The van der Waals surface area contributed by atoms with Gasteiger partial charge >= 0.3 is 12.0 Å². The lowest BCUT2D eigenvalue weighted by atomic mass is 10.1. The van der Waals surface area contributed by atoms with Gasteiger partial charge in [0.15, 0.2) is 0 Å². The summed E-state index contributed by atoms with van der Waals surface area (Å²) in [5.41, 5.74) is 1.20. The van der Waals surface area contributed by atoms with E-state index in [-0.39, 0.29) is 18.1 Å². The van der Waals surface area contributed by atoms with Gasteiger partial charge in [0.2, 0.25) is 0 Å². The van der Waals surface area contributed by atoms with E-state index in [1.165, 1.54) is 25.3 Å². The quantitative estimate of drug-likeness (QED) is 0.470. The summed E-state index contributed by atoms with van der Waals surface area (Å²) in [6, 6.07) is 12.2. The van der Waals surface area contributed by atoms with E-state index in [1.54, 1.807) is 36.4 Å². The second kappa shape index (κ2) is 8.34. The summed E-state index contributed by atoms with van der Waals surface area (Å²) in [5, 5.41) is 2.43. The van der Waals surface area contributed by atoms with E-state index in [0.29, 0.717) is 16.9 Å². The molecule has 1 heterocycles. The maximum atomic E-state index is 13.3. The molecule has 2 aromatic rings. The fraction of sp³-hybridized carbons (Fsp3) is 0.150. The van der Waals surface area contributed by atoms with Crippen LogP contribution in [0.15, 0.2) is 54.2 Å². The van der Waals surface area contributed by atoms with Crippen LogP contribution in [0.1, 0.15) is 11.1 Å². The lowest BCUT2D eigenvalue weighted by Gasteiger charge is -2.10. The lowest BCUT2D eigenvalue weighted by molar-refractivity contribution is -0.143. The summed E-state index contributed by atoms with van der Waals surface area (Å²) in [6.07, 6.45) is 1.46. The fourth-order valence-electron chi connectivity index (χ4n) is 2.58. The van der Waals surface area contributed by atoms with Crippen LogP contribution in [0.4, 0.5) is 9.18 Å². The van der Waals surface area contributed by atoms with Crippen molar-refractivity contribution in [3.8, 4) is 5.75 Å². The van der Waals surface area contributed by atoms with Crippen LogP contribution in [0.3, 0.4) is 0 Å². The van der Waals surface area contributed by atoms with Crippen molar-refractivity contribution in [1.82, 2.24) is 10.2 Å². The Morgan fingerprint density at radius 3 is 2.71 bits per heavy atom. The number of hydrogen-bond donors (Lipinski definition) is 1. The second-order valence-corrected chi connectivity index (χ2v) is 5.91. The molecule has 1 aliphatic heterocycles. The number of ether oxygens (including phenoxy) is 2. The molecule has 3 amide bonds. The van der Waals surface area contributed by atoms with Crippen LogP contribution < -0.4 is 10.1 Å². The van der Waals surface area contributed by atoms with Gasteiger partial charge < -0.3 is 14.8 Å². The normalized spacial score (nSPS) is 14.9. The predicted molar refractivity (Wildman–Crippen MR) is 97.4 cm³/mol. The van der Waals surface area contributed by atoms with E-state index in [0.717, 1.165) is 4.90 Å². The van der Waals surface area contributed by atoms with Gasteiger partial charge in [-0.15, -0.1) is 0 Å². The number of amides is 3. The Balaban J connectivity index is 1.78. The van der Waals surface area contributed by atoms with Crippen molar-refractivity contribution in [1.29, 1.82) is 0 Å². The predicted octanol–water partition coefficient (Wildman–Crippen LogP) is 2.47. The first-order chi connectivity index (χ1) is 13.5. The van der Waals surface area contributed by atoms with Crippen LogP contribution >= 0.6 is 0 Å². The number of carbonyl (C=O) groups is 3. The summed E-state index contributed by atoms with van der Waals surface area (Å²) in [6.45, 7) is -0.344. The molecule has 0 radical (unpaired) electrons. The van der Waals surface area contributed by atoms with Gasteiger partial charge in [-0.25, -0.2) is 14.1 Å².